The third-order valence-electron chi connectivity index (χ3n) is 3.86. The van der Waals surface area contributed by atoms with E-state index in [1.807, 2.05) is 6.07 Å². The van der Waals surface area contributed by atoms with E-state index in [-0.39, 0.29) is 5.82 Å². The van der Waals surface area contributed by atoms with Gasteiger partial charge in [0.2, 0.25) is 0 Å². The maximum absolute atomic E-state index is 13.3. The van der Waals surface area contributed by atoms with Gasteiger partial charge in [0.1, 0.15) is 5.82 Å². The lowest BCUT2D eigenvalue weighted by molar-refractivity contribution is 0.152. The van der Waals surface area contributed by atoms with Gasteiger partial charge in [-0.05, 0) is 45.1 Å². The first kappa shape index (κ1) is 13.3. The zero-order valence-electron chi connectivity index (χ0n) is 11.1. The number of piperazine rings is 1. The summed E-state index contributed by atoms with van der Waals surface area (Å²) in [5, 5.41) is 0. The average Bonchev–Trinajstić information content (AvgIpc) is 2.35. The van der Waals surface area contributed by atoms with Crippen molar-refractivity contribution in [3.63, 3.8) is 0 Å². The molecule has 18 heavy (non-hydrogen) atoms. The van der Waals surface area contributed by atoms with E-state index in [9.17, 15) is 4.39 Å². The van der Waals surface area contributed by atoms with E-state index in [0.29, 0.717) is 18.6 Å². The summed E-state index contributed by atoms with van der Waals surface area (Å²) in [5.41, 5.74) is 6.64. The number of nitrogens with zero attached hydrogens (tertiary/aromatic N) is 2. The van der Waals surface area contributed by atoms with Crippen LogP contribution in [0.1, 0.15) is 13.3 Å². The lowest BCUT2D eigenvalue weighted by atomic mass is 10.0. The van der Waals surface area contributed by atoms with E-state index >= 15 is 0 Å². The van der Waals surface area contributed by atoms with Crippen LogP contribution in [0.5, 0.6) is 0 Å². The third-order valence-corrected chi connectivity index (χ3v) is 3.86. The summed E-state index contributed by atoms with van der Waals surface area (Å²) in [6.45, 7) is 4.75. The van der Waals surface area contributed by atoms with E-state index in [1.54, 1.807) is 12.1 Å². The molecule has 3 nitrogen and oxygen atoms in total. The number of benzene rings is 1. The maximum atomic E-state index is 13.3. The van der Waals surface area contributed by atoms with E-state index < -0.39 is 0 Å². The number of halogens is 1. The molecule has 0 amide bonds. The highest BCUT2D eigenvalue weighted by Crippen LogP contribution is 2.23. The standard InChI is InChI=1S/C14H22FN3/c1-11-9-18(10-14(6-7-16)17(11)2)13-5-3-4-12(15)8-13/h3-5,8,11,14H,6-7,9-10,16H2,1-2H3. The minimum Gasteiger partial charge on any atom is -0.368 e. The normalized spacial score (nSPS) is 25.4. The number of likely N-dealkylation sites (N-methyl/N-ethyl adjacent to an activating group) is 1. The largest absolute Gasteiger partial charge is 0.368 e. The lowest BCUT2D eigenvalue weighted by Crippen LogP contribution is -2.56. The number of hydrogen-bond acceptors (Lipinski definition) is 3. The van der Waals surface area contributed by atoms with Crippen LogP contribution in [0.3, 0.4) is 0 Å². The van der Waals surface area contributed by atoms with Crippen molar-refractivity contribution in [1.29, 1.82) is 0 Å². The first-order valence-electron chi connectivity index (χ1n) is 6.54. The molecular formula is C14H22FN3. The Morgan fingerprint density at radius 1 is 1.39 bits per heavy atom. The third kappa shape index (κ3) is 2.82. The number of rotatable bonds is 3. The van der Waals surface area contributed by atoms with Gasteiger partial charge in [-0.2, -0.15) is 0 Å². The highest BCUT2D eigenvalue weighted by molar-refractivity contribution is 5.47. The summed E-state index contributed by atoms with van der Waals surface area (Å²) in [6.07, 6.45) is 0.979. The molecule has 0 aromatic heterocycles. The molecule has 2 rings (SSSR count). The highest BCUT2D eigenvalue weighted by Gasteiger charge is 2.28. The van der Waals surface area contributed by atoms with Gasteiger partial charge < -0.3 is 10.6 Å². The Bertz CT molecular complexity index is 396. The van der Waals surface area contributed by atoms with Crippen molar-refractivity contribution < 1.29 is 4.39 Å². The van der Waals surface area contributed by atoms with Crippen molar-refractivity contribution in [1.82, 2.24) is 4.90 Å². The summed E-state index contributed by atoms with van der Waals surface area (Å²) >= 11 is 0. The molecule has 4 heteroatoms. The predicted molar refractivity (Wildman–Crippen MR) is 73.3 cm³/mol. The van der Waals surface area contributed by atoms with Crippen LogP contribution in [0, 0.1) is 5.82 Å². The van der Waals surface area contributed by atoms with Gasteiger partial charge in [-0.3, -0.25) is 4.90 Å². The summed E-state index contributed by atoms with van der Waals surface area (Å²) in [7, 11) is 2.15. The molecule has 2 N–H and O–H groups in total. The zero-order valence-corrected chi connectivity index (χ0v) is 11.1. The van der Waals surface area contributed by atoms with Gasteiger partial charge >= 0.3 is 0 Å². The molecule has 0 aliphatic carbocycles. The molecule has 1 aromatic carbocycles. The van der Waals surface area contributed by atoms with Crippen molar-refractivity contribution in [3.05, 3.63) is 30.1 Å². The van der Waals surface area contributed by atoms with Crippen LogP contribution in [0.4, 0.5) is 10.1 Å². The summed E-state index contributed by atoms with van der Waals surface area (Å²) in [6, 6.07) is 7.74. The second-order valence-electron chi connectivity index (χ2n) is 5.13. The SMILES string of the molecule is CC1CN(c2cccc(F)c2)CC(CCN)N1C. The van der Waals surface area contributed by atoms with E-state index in [4.69, 9.17) is 5.73 Å². The Hall–Kier alpha value is -1.13. The van der Waals surface area contributed by atoms with Crippen LogP contribution < -0.4 is 10.6 Å². The van der Waals surface area contributed by atoms with Gasteiger partial charge in [-0.1, -0.05) is 6.07 Å². The molecule has 2 atom stereocenters. The van der Waals surface area contributed by atoms with Crippen LogP contribution in [0.15, 0.2) is 24.3 Å². The molecule has 1 aliphatic rings. The molecule has 100 valence electrons. The fraction of sp³-hybridized carbons (Fsp3) is 0.571. The Labute approximate surface area is 108 Å². The van der Waals surface area contributed by atoms with Gasteiger partial charge in [0, 0.05) is 30.9 Å². The summed E-state index contributed by atoms with van der Waals surface area (Å²) in [4.78, 5) is 4.64. The second kappa shape index (κ2) is 5.67. The molecule has 1 fully saturated rings. The molecular weight excluding hydrogens is 229 g/mol. The molecule has 1 heterocycles. The zero-order chi connectivity index (χ0) is 13.1. The second-order valence-corrected chi connectivity index (χ2v) is 5.13. The molecule has 1 saturated heterocycles. The number of nitrogens with two attached hydrogens (primary N) is 1. The average molecular weight is 251 g/mol. The van der Waals surface area contributed by atoms with Crippen LogP contribution in [0.2, 0.25) is 0 Å². The van der Waals surface area contributed by atoms with Gasteiger partial charge in [0.25, 0.3) is 0 Å². The Balaban J connectivity index is 2.14. The quantitative estimate of drug-likeness (QED) is 0.887. The van der Waals surface area contributed by atoms with E-state index in [0.717, 1.165) is 25.2 Å². The highest BCUT2D eigenvalue weighted by atomic mass is 19.1. The Morgan fingerprint density at radius 3 is 2.83 bits per heavy atom. The predicted octanol–water partition coefficient (Wildman–Crippen LogP) is 1.68. The maximum Gasteiger partial charge on any atom is 0.125 e. The van der Waals surface area contributed by atoms with E-state index in [2.05, 4.69) is 23.8 Å². The number of hydrogen-bond donors (Lipinski definition) is 1. The minimum absolute atomic E-state index is 0.172. The first-order valence-corrected chi connectivity index (χ1v) is 6.54. The van der Waals surface area contributed by atoms with Crippen molar-refractivity contribution in [2.24, 2.45) is 5.73 Å². The van der Waals surface area contributed by atoms with Crippen molar-refractivity contribution >= 4 is 5.69 Å². The molecule has 1 aliphatic heterocycles. The van der Waals surface area contributed by atoms with Gasteiger partial charge in [0.15, 0.2) is 0 Å². The lowest BCUT2D eigenvalue weighted by Gasteiger charge is -2.45. The van der Waals surface area contributed by atoms with Gasteiger partial charge in [0.05, 0.1) is 0 Å². The fourth-order valence-corrected chi connectivity index (χ4v) is 2.64. The van der Waals surface area contributed by atoms with Gasteiger partial charge in [-0.25, -0.2) is 4.39 Å². The van der Waals surface area contributed by atoms with Crippen molar-refractivity contribution in [2.45, 2.75) is 25.4 Å². The topological polar surface area (TPSA) is 32.5 Å². The van der Waals surface area contributed by atoms with Crippen LogP contribution in [-0.4, -0.2) is 43.7 Å². The van der Waals surface area contributed by atoms with Crippen LogP contribution in [-0.2, 0) is 0 Å². The summed E-state index contributed by atoms with van der Waals surface area (Å²) in [5.74, 6) is -0.172. The van der Waals surface area contributed by atoms with Crippen LogP contribution >= 0.6 is 0 Å². The molecule has 0 bridgehead atoms. The number of anilines is 1. The Kier molecular flexibility index (Phi) is 4.19. The fourth-order valence-electron chi connectivity index (χ4n) is 2.64. The first-order chi connectivity index (χ1) is 8.61. The summed E-state index contributed by atoms with van der Waals surface area (Å²) < 4.78 is 13.3. The van der Waals surface area contributed by atoms with Gasteiger partial charge in [-0.15, -0.1) is 0 Å². The van der Waals surface area contributed by atoms with Crippen molar-refractivity contribution in [3.8, 4) is 0 Å². The smallest absolute Gasteiger partial charge is 0.125 e. The molecule has 0 spiro atoms. The molecule has 0 saturated carbocycles. The molecule has 0 radical (unpaired) electrons. The van der Waals surface area contributed by atoms with Crippen molar-refractivity contribution in [2.75, 3.05) is 31.6 Å². The molecule has 2 unspecified atom stereocenters. The molecule has 1 aromatic rings. The van der Waals surface area contributed by atoms with Crippen LogP contribution in [0.25, 0.3) is 0 Å². The van der Waals surface area contributed by atoms with E-state index in [1.165, 1.54) is 6.07 Å². The Morgan fingerprint density at radius 2 is 2.17 bits per heavy atom. The monoisotopic (exact) mass is 251 g/mol. The minimum atomic E-state index is -0.172.